The number of hydrogen-bond acceptors (Lipinski definition) is 4. The molecule has 4 aliphatic rings. The van der Waals surface area contributed by atoms with Gasteiger partial charge in [0.15, 0.2) is 0 Å². The monoisotopic (exact) mass is 597 g/mol. The Labute approximate surface area is 263 Å². The van der Waals surface area contributed by atoms with Crippen LogP contribution in [-0.2, 0) is 44.5 Å². The van der Waals surface area contributed by atoms with Crippen molar-refractivity contribution in [2.24, 2.45) is 22.7 Å². The zero-order valence-corrected chi connectivity index (χ0v) is 27.5. The standard InChI is InChI=1S/C39H51NO4/c1-6-9-28(41)22-25-10-11-26-13-16-32-36(2,30(26)23-25)18-7-20-38(32,4)34(43)40-35(44)39(5)21-8-19-37(3)31-24-29(42)15-12-27(31)14-17-33(37)39/h10-12,15,23-24,32-33,42H,6-9,13-14,16-22H2,1-5H3,(H,40,43,44)/t32-,33-,36-,37-,38+,39+/m1/s1. The lowest BCUT2D eigenvalue weighted by molar-refractivity contribution is -0.150. The Morgan fingerprint density at radius 3 is 1.84 bits per heavy atom. The molecular formula is C39H51NO4. The van der Waals surface area contributed by atoms with Gasteiger partial charge in [0, 0.05) is 12.8 Å². The Morgan fingerprint density at radius 2 is 1.30 bits per heavy atom. The molecule has 0 aromatic heterocycles. The number of ketones is 1. The molecule has 0 radical (unpaired) electrons. The number of benzene rings is 2. The molecule has 4 aliphatic carbocycles. The molecule has 44 heavy (non-hydrogen) atoms. The average molecular weight is 598 g/mol. The van der Waals surface area contributed by atoms with Crippen molar-refractivity contribution < 1.29 is 19.5 Å². The van der Waals surface area contributed by atoms with Crippen molar-refractivity contribution in [1.82, 2.24) is 5.32 Å². The number of carbonyl (C=O) groups is 3. The van der Waals surface area contributed by atoms with E-state index in [1.54, 1.807) is 6.07 Å². The quantitative estimate of drug-likeness (QED) is 0.335. The molecule has 236 valence electrons. The fraction of sp³-hybridized carbons (Fsp3) is 0.615. The van der Waals surface area contributed by atoms with Crippen molar-refractivity contribution in [3.05, 3.63) is 64.2 Å². The Balaban J connectivity index is 1.25. The van der Waals surface area contributed by atoms with Gasteiger partial charge in [0.1, 0.15) is 11.5 Å². The molecular weight excluding hydrogens is 546 g/mol. The lowest BCUT2D eigenvalue weighted by Gasteiger charge is -2.56. The van der Waals surface area contributed by atoms with E-state index in [4.69, 9.17) is 0 Å². The van der Waals surface area contributed by atoms with Gasteiger partial charge in [-0.2, -0.15) is 0 Å². The van der Waals surface area contributed by atoms with Gasteiger partial charge in [0.05, 0.1) is 10.8 Å². The summed E-state index contributed by atoms with van der Waals surface area (Å²) >= 11 is 0. The lowest BCUT2D eigenvalue weighted by Crippen LogP contribution is -2.60. The molecule has 6 rings (SSSR count). The molecule has 0 bridgehead atoms. The minimum absolute atomic E-state index is 0.102. The maximum Gasteiger partial charge on any atom is 0.232 e. The predicted octanol–water partition coefficient (Wildman–Crippen LogP) is 7.67. The van der Waals surface area contributed by atoms with Crippen molar-refractivity contribution in [3.8, 4) is 5.75 Å². The summed E-state index contributed by atoms with van der Waals surface area (Å²) in [6.07, 6.45) is 11.0. The second-order valence-corrected chi connectivity index (χ2v) is 15.6. The first-order chi connectivity index (χ1) is 20.8. The van der Waals surface area contributed by atoms with Crippen LogP contribution in [-0.4, -0.2) is 22.7 Å². The summed E-state index contributed by atoms with van der Waals surface area (Å²) in [5.41, 5.74) is 4.48. The average Bonchev–Trinajstić information content (AvgIpc) is 2.97. The maximum absolute atomic E-state index is 14.4. The van der Waals surface area contributed by atoms with Crippen molar-refractivity contribution in [3.63, 3.8) is 0 Å². The summed E-state index contributed by atoms with van der Waals surface area (Å²) in [4.78, 5) is 41.2. The van der Waals surface area contributed by atoms with Crippen LogP contribution in [0.15, 0.2) is 36.4 Å². The number of fused-ring (bicyclic) bond motifs is 6. The number of aryl methyl sites for hydroxylation is 2. The maximum atomic E-state index is 14.4. The Hall–Kier alpha value is -2.95. The van der Waals surface area contributed by atoms with E-state index >= 15 is 0 Å². The molecule has 2 fully saturated rings. The van der Waals surface area contributed by atoms with E-state index in [-0.39, 0.29) is 46.0 Å². The first-order valence-corrected chi connectivity index (χ1v) is 17.2. The zero-order chi connectivity index (χ0) is 31.5. The van der Waals surface area contributed by atoms with E-state index in [0.29, 0.717) is 12.8 Å². The highest BCUT2D eigenvalue weighted by molar-refractivity contribution is 6.01. The minimum atomic E-state index is -0.654. The van der Waals surface area contributed by atoms with Crippen molar-refractivity contribution >= 4 is 17.6 Å². The number of imide groups is 1. The van der Waals surface area contributed by atoms with Gasteiger partial charge in [0.2, 0.25) is 11.8 Å². The first-order valence-electron chi connectivity index (χ1n) is 17.2. The number of Topliss-reactive ketones (excluding diaryl/α,β-unsaturated/α-hetero) is 1. The summed E-state index contributed by atoms with van der Waals surface area (Å²) in [5, 5.41) is 13.4. The van der Waals surface area contributed by atoms with E-state index in [9.17, 15) is 19.5 Å². The number of rotatable bonds is 6. The predicted molar refractivity (Wildman–Crippen MR) is 174 cm³/mol. The van der Waals surface area contributed by atoms with Gasteiger partial charge in [-0.3, -0.25) is 19.7 Å². The zero-order valence-electron chi connectivity index (χ0n) is 27.5. The van der Waals surface area contributed by atoms with Crippen LogP contribution in [0.25, 0.3) is 0 Å². The first kappa shape index (κ1) is 31.0. The summed E-state index contributed by atoms with van der Waals surface area (Å²) in [6, 6.07) is 12.3. The largest absolute Gasteiger partial charge is 0.508 e. The van der Waals surface area contributed by atoms with Crippen molar-refractivity contribution in [2.75, 3.05) is 0 Å². The van der Waals surface area contributed by atoms with E-state index in [1.807, 2.05) is 19.1 Å². The number of phenols is 1. The topological polar surface area (TPSA) is 83.5 Å². The molecule has 2 amide bonds. The van der Waals surface area contributed by atoms with Gasteiger partial charge in [-0.15, -0.1) is 0 Å². The molecule has 0 unspecified atom stereocenters. The fourth-order valence-corrected chi connectivity index (χ4v) is 10.6. The van der Waals surface area contributed by atoms with Crippen LogP contribution in [0.3, 0.4) is 0 Å². The molecule has 2 saturated carbocycles. The molecule has 5 nitrogen and oxygen atoms in total. The number of carbonyl (C=O) groups excluding carboxylic acids is 3. The SMILES string of the molecule is CCCC(=O)Cc1ccc2c(c1)[C@@]1(C)CCC[C@](C)(C(=O)NC(=O)[C@@]3(C)CCC[C@]4(C)c5cc(O)ccc5CC[C@@H]34)[C@@H]1CC2. The minimum Gasteiger partial charge on any atom is -0.508 e. The Kier molecular flexibility index (Phi) is 7.86. The van der Waals surface area contributed by atoms with Crippen LogP contribution in [0.4, 0.5) is 0 Å². The van der Waals surface area contributed by atoms with E-state index in [1.165, 1.54) is 22.3 Å². The highest BCUT2D eigenvalue weighted by Crippen LogP contribution is 2.59. The third-order valence-electron chi connectivity index (χ3n) is 13.0. The number of amides is 2. The fourth-order valence-electron chi connectivity index (χ4n) is 10.6. The molecule has 6 atom stereocenters. The van der Waals surface area contributed by atoms with Crippen molar-refractivity contribution in [2.45, 2.75) is 129 Å². The number of aromatic hydroxyl groups is 1. The number of nitrogens with one attached hydrogen (secondary N) is 1. The van der Waals surface area contributed by atoms with E-state index < -0.39 is 10.8 Å². The smallest absolute Gasteiger partial charge is 0.232 e. The van der Waals surface area contributed by atoms with Gasteiger partial charge in [0.25, 0.3) is 0 Å². The number of phenolic OH excluding ortho intramolecular Hbond substituents is 1. The summed E-state index contributed by atoms with van der Waals surface area (Å²) in [6.45, 7) is 10.8. The second-order valence-electron chi connectivity index (χ2n) is 15.6. The van der Waals surface area contributed by atoms with Crippen LogP contribution >= 0.6 is 0 Å². The Morgan fingerprint density at radius 1 is 0.773 bits per heavy atom. The molecule has 2 aromatic rings. The van der Waals surface area contributed by atoms with Crippen LogP contribution in [0.2, 0.25) is 0 Å². The van der Waals surface area contributed by atoms with E-state index in [2.05, 4.69) is 51.2 Å². The third kappa shape index (κ3) is 4.84. The molecule has 5 heteroatoms. The Bertz CT molecular complexity index is 1490. The summed E-state index contributed by atoms with van der Waals surface area (Å²) in [5.74, 6) is 0.550. The van der Waals surface area contributed by atoms with Crippen LogP contribution in [0, 0.1) is 22.7 Å². The van der Waals surface area contributed by atoms with Gasteiger partial charge < -0.3 is 5.11 Å². The second kappa shape index (κ2) is 11.1. The van der Waals surface area contributed by atoms with Gasteiger partial charge in [-0.25, -0.2) is 0 Å². The molecule has 2 N–H and O–H groups in total. The van der Waals surface area contributed by atoms with Crippen molar-refractivity contribution in [1.29, 1.82) is 0 Å². The summed E-state index contributed by atoms with van der Waals surface area (Å²) < 4.78 is 0. The molecule has 0 spiro atoms. The van der Waals surface area contributed by atoms with Gasteiger partial charge in [-0.1, -0.05) is 71.7 Å². The van der Waals surface area contributed by atoms with Gasteiger partial charge in [-0.05, 0) is 120 Å². The highest BCUT2D eigenvalue weighted by Gasteiger charge is 2.58. The third-order valence-corrected chi connectivity index (χ3v) is 13.0. The normalized spacial score (nSPS) is 34.1. The van der Waals surface area contributed by atoms with Crippen LogP contribution in [0.5, 0.6) is 5.75 Å². The van der Waals surface area contributed by atoms with Crippen LogP contribution in [0.1, 0.15) is 127 Å². The lowest BCUT2D eigenvalue weighted by atomic mass is 9.49. The summed E-state index contributed by atoms with van der Waals surface area (Å²) in [7, 11) is 0. The molecule has 0 aliphatic heterocycles. The molecule has 0 heterocycles. The van der Waals surface area contributed by atoms with Gasteiger partial charge >= 0.3 is 0 Å². The molecule has 2 aromatic carbocycles. The van der Waals surface area contributed by atoms with E-state index in [0.717, 1.165) is 76.2 Å². The van der Waals surface area contributed by atoms with Crippen LogP contribution < -0.4 is 5.32 Å². The molecule has 0 saturated heterocycles. The highest BCUT2D eigenvalue weighted by atomic mass is 16.3. The number of hydrogen-bond donors (Lipinski definition) is 2.